The molecule has 0 aromatic heterocycles. The third-order valence-electron chi connectivity index (χ3n) is 5.93. The van der Waals surface area contributed by atoms with Gasteiger partial charge < -0.3 is 4.74 Å². The van der Waals surface area contributed by atoms with Crippen LogP contribution in [0.5, 0.6) is 0 Å². The molecule has 2 nitrogen and oxygen atoms in total. The monoisotopic (exact) mass is 288 g/mol. The third kappa shape index (κ3) is 3.48. The lowest BCUT2D eigenvalue weighted by Crippen LogP contribution is -2.37. The second-order valence-electron chi connectivity index (χ2n) is 7.37. The Labute approximate surface area is 128 Å². The molecule has 116 valence electrons. The number of ether oxygens (including phenoxy) is 1. The van der Waals surface area contributed by atoms with Crippen molar-refractivity contribution >= 4 is 5.97 Å². The average molecular weight is 288 g/mol. The fraction of sp³-hybridized carbons (Fsp3) is 0.632. The van der Waals surface area contributed by atoms with Crippen LogP contribution in [0, 0.1) is 16.7 Å². The number of esters is 1. The summed E-state index contributed by atoms with van der Waals surface area (Å²) in [5.74, 6) is 0.612. The Hall–Kier alpha value is -1.31. The highest BCUT2D eigenvalue weighted by atomic mass is 16.5. The molecule has 0 bridgehead atoms. The van der Waals surface area contributed by atoms with E-state index in [2.05, 4.69) is 39.8 Å². The smallest absolute Gasteiger partial charge is 0.306 e. The van der Waals surface area contributed by atoms with Gasteiger partial charge in [0, 0.05) is 11.8 Å². The van der Waals surface area contributed by atoms with Crippen LogP contribution in [-0.2, 0) is 16.0 Å². The molecule has 0 radical (unpaired) electrons. The quantitative estimate of drug-likeness (QED) is 0.739. The molecule has 1 aliphatic carbocycles. The zero-order valence-electron chi connectivity index (χ0n) is 13.8. The lowest BCUT2D eigenvalue weighted by atomic mass is 9.66. The maximum atomic E-state index is 12.0. The fourth-order valence-corrected chi connectivity index (χ4v) is 3.27. The first kappa shape index (κ1) is 16.1. The van der Waals surface area contributed by atoms with Crippen molar-refractivity contribution in [3.8, 4) is 0 Å². The molecule has 1 saturated carbocycles. The SMILES string of the molecule is C[C@H]1CC[C@](C)(COC(=O)CCc2ccccc2)C1(C)C. The maximum Gasteiger partial charge on any atom is 0.306 e. The molecule has 21 heavy (non-hydrogen) atoms. The van der Waals surface area contributed by atoms with Crippen molar-refractivity contribution in [3.63, 3.8) is 0 Å². The van der Waals surface area contributed by atoms with Crippen LogP contribution in [0.1, 0.15) is 52.5 Å². The van der Waals surface area contributed by atoms with E-state index in [-0.39, 0.29) is 16.8 Å². The molecule has 2 rings (SSSR count). The Morgan fingerprint density at radius 1 is 1.24 bits per heavy atom. The van der Waals surface area contributed by atoms with Crippen LogP contribution in [0.4, 0.5) is 0 Å². The predicted octanol–water partition coefficient (Wildman–Crippen LogP) is 4.62. The minimum Gasteiger partial charge on any atom is -0.465 e. The number of benzene rings is 1. The first-order valence-corrected chi connectivity index (χ1v) is 8.05. The van der Waals surface area contributed by atoms with Crippen molar-refractivity contribution in [2.45, 2.75) is 53.4 Å². The van der Waals surface area contributed by atoms with E-state index in [1.165, 1.54) is 12.0 Å². The van der Waals surface area contributed by atoms with Gasteiger partial charge in [0.15, 0.2) is 0 Å². The van der Waals surface area contributed by atoms with Gasteiger partial charge in [-0.1, -0.05) is 58.0 Å². The highest BCUT2D eigenvalue weighted by Crippen LogP contribution is 2.55. The van der Waals surface area contributed by atoms with Crippen LogP contribution in [0.3, 0.4) is 0 Å². The summed E-state index contributed by atoms with van der Waals surface area (Å²) in [7, 11) is 0. The molecule has 1 aliphatic rings. The lowest BCUT2D eigenvalue weighted by molar-refractivity contribution is -0.149. The predicted molar refractivity (Wildman–Crippen MR) is 86.0 cm³/mol. The summed E-state index contributed by atoms with van der Waals surface area (Å²) in [5.41, 5.74) is 1.53. The van der Waals surface area contributed by atoms with E-state index < -0.39 is 0 Å². The average Bonchev–Trinajstić information content (AvgIpc) is 2.68. The fourth-order valence-electron chi connectivity index (χ4n) is 3.27. The molecular formula is C19H28O2. The minimum absolute atomic E-state index is 0.0737. The highest BCUT2D eigenvalue weighted by Gasteiger charge is 2.50. The van der Waals surface area contributed by atoms with Crippen molar-refractivity contribution in [2.24, 2.45) is 16.7 Å². The zero-order valence-corrected chi connectivity index (χ0v) is 13.8. The van der Waals surface area contributed by atoms with Gasteiger partial charge in [-0.05, 0) is 36.2 Å². The Balaban J connectivity index is 1.82. The first-order chi connectivity index (χ1) is 9.85. The molecule has 0 heterocycles. The summed E-state index contributed by atoms with van der Waals surface area (Å²) >= 11 is 0. The molecule has 2 atom stereocenters. The van der Waals surface area contributed by atoms with E-state index >= 15 is 0 Å². The number of aryl methyl sites for hydroxylation is 1. The van der Waals surface area contributed by atoms with Gasteiger partial charge >= 0.3 is 5.97 Å². The summed E-state index contributed by atoms with van der Waals surface area (Å²) in [6.45, 7) is 9.74. The van der Waals surface area contributed by atoms with Crippen LogP contribution >= 0.6 is 0 Å². The van der Waals surface area contributed by atoms with Crippen LogP contribution in [-0.4, -0.2) is 12.6 Å². The molecule has 1 aromatic carbocycles. The van der Waals surface area contributed by atoms with E-state index in [0.29, 0.717) is 18.9 Å². The number of carbonyl (C=O) groups excluding carboxylic acids is 1. The van der Waals surface area contributed by atoms with Crippen molar-refractivity contribution < 1.29 is 9.53 Å². The molecule has 2 heteroatoms. The summed E-state index contributed by atoms with van der Waals surface area (Å²) in [5, 5.41) is 0. The van der Waals surface area contributed by atoms with Gasteiger partial charge in [-0.25, -0.2) is 0 Å². The van der Waals surface area contributed by atoms with E-state index in [1.54, 1.807) is 0 Å². The molecular weight excluding hydrogens is 260 g/mol. The molecule has 0 spiro atoms. The molecule has 1 aromatic rings. The maximum absolute atomic E-state index is 12.0. The van der Waals surface area contributed by atoms with Crippen molar-refractivity contribution in [1.29, 1.82) is 0 Å². The topological polar surface area (TPSA) is 26.3 Å². The largest absolute Gasteiger partial charge is 0.465 e. The van der Waals surface area contributed by atoms with Crippen LogP contribution < -0.4 is 0 Å². The number of carbonyl (C=O) groups is 1. The van der Waals surface area contributed by atoms with E-state index in [4.69, 9.17) is 4.74 Å². The number of rotatable bonds is 5. The minimum atomic E-state index is -0.0737. The molecule has 0 saturated heterocycles. The van der Waals surface area contributed by atoms with Gasteiger partial charge in [-0.15, -0.1) is 0 Å². The Bertz CT molecular complexity index is 478. The standard InChI is InChI=1S/C19H28O2/c1-15-12-13-19(4,18(15,2)3)14-21-17(20)11-10-16-8-6-5-7-9-16/h5-9,15H,10-14H2,1-4H3/t15-,19+/m0/s1. The van der Waals surface area contributed by atoms with Crippen LogP contribution in [0.2, 0.25) is 0 Å². The van der Waals surface area contributed by atoms with Crippen molar-refractivity contribution in [3.05, 3.63) is 35.9 Å². The van der Waals surface area contributed by atoms with E-state index in [0.717, 1.165) is 12.8 Å². The summed E-state index contributed by atoms with van der Waals surface area (Å²) in [4.78, 5) is 12.0. The first-order valence-electron chi connectivity index (χ1n) is 8.05. The molecule has 0 N–H and O–H groups in total. The van der Waals surface area contributed by atoms with Crippen LogP contribution in [0.25, 0.3) is 0 Å². The van der Waals surface area contributed by atoms with Gasteiger partial charge in [0.25, 0.3) is 0 Å². The lowest BCUT2D eigenvalue weighted by Gasteiger charge is -2.40. The Morgan fingerprint density at radius 3 is 2.48 bits per heavy atom. The van der Waals surface area contributed by atoms with Gasteiger partial charge in [-0.2, -0.15) is 0 Å². The molecule has 0 aliphatic heterocycles. The van der Waals surface area contributed by atoms with Gasteiger partial charge in [-0.3, -0.25) is 4.79 Å². The van der Waals surface area contributed by atoms with Crippen LogP contribution in [0.15, 0.2) is 30.3 Å². The Kier molecular flexibility index (Phi) is 4.75. The summed E-state index contributed by atoms with van der Waals surface area (Å²) in [6, 6.07) is 10.1. The van der Waals surface area contributed by atoms with E-state index in [9.17, 15) is 4.79 Å². The zero-order chi connectivity index (χ0) is 15.5. The van der Waals surface area contributed by atoms with Gasteiger partial charge in [0.05, 0.1) is 6.61 Å². The Morgan fingerprint density at radius 2 is 1.90 bits per heavy atom. The van der Waals surface area contributed by atoms with Crippen molar-refractivity contribution in [2.75, 3.05) is 6.61 Å². The van der Waals surface area contributed by atoms with E-state index in [1.807, 2.05) is 18.2 Å². The molecule has 0 amide bonds. The normalized spacial score (nSPS) is 27.5. The van der Waals surface area contributed by atoms with Gasteiger partial charge in [0.2, 0.25) is 0 Å². The molecule has 1 fully saturated rings. The highest BCUT2D eigenvalue weighted by molar-refractivity contribution is 5.69. The number of hydrogen-bond acceptors (Lipinski definition) is 2. The second kappa shape index (κ2) is 6.21. The second-order valence-corrected chi connectivity index (χ2v) is 7.37. The van der Waals surface area contributed by atoms with Gasteiger partial charge in [0.1, 0.15) is 0 Å². The summed E-state index contributed by atoms with van der Waals surface area (Å²) < 4.78 is 5.60. The number of hydrogen-bond donors (Lipinski definition) is 0. The molecule has 0 unspecified atom stereocenters. The third-order valence-corrected chi connectivity index (χ3v) is 5.93. The summed E-state index contributed by atoms with van der Waals surface area (Å²) in [6.07, 6.45) is 3.60. The van der Waals surface area contributed by atoms with Crippen molar-refractivity contribution in [1.82, 2.24) is 0 Å².